The van der Waals surface area contributed by atoms with E-state index >= 15 is 0 Å². The van der Waals surface area contributed by atoms with E-state index in [2.05, 4.69) is 42.4 Å². The number of likely N-dealkylation sites (tertiary alicyclic amines) is 1. The Morgan fingerprint density at radius 1 is 1.27 bits per heavy atom. The zero-order valence-corrected chi connectivity index (χ0v) is 20.4. The Hall–Kier alpha value is -2.71. The maximum Gasteiger partial charge on any atom is 0.241 e. The van der Waals surface area contributed by atoms with E-state index in [1.54, 1.807) is 7.11 Å². The van der Waals surface area contributed by atoms with E-state index in [1.807, 2.05) is 42.5 Å². The molecule has 1 aliphatic rings. The Kier molecular flexibility index (Phi) is 8.12. The molecule has 1 N–H and O–H groups in total. The highest BCUT2D eigenvalue weighted by atomic mass is 79.9. The number of carbonyl (C=O) groups excluding carboxylic acids is 1. The lowest BCUT2D eigenvalue weighted by molar-refractivity contribution is -0.126. The smallest absolute Gasteiger partial charge is 0.241 e. The predicted molar refractivity (Wildman–Crippen MR) is 130 cm³/mol. The number of nitrogens with zero attached hydrogens (tertiary/aromatic N) is 3. The molecule has 1 aliphatic heterocycles. The summed E-state index contributed by atoms with van der Waals surface area (Å²) in [7, 11) is 1.67. The molecule has 1 unspecified atom stereocenters. The number of halogens is 1. The van der Waals surface area contributed by atoms with Crippen LogP contribution in [-0.2, 0) is 17.8 Å². The average molecular weight is 513 g/mol. The minimum absolute atomic E-state index is 0.0111. The highest BCUT2D eigenvalue weighted by molar-refractivity contribution is 9.10. The van der Waals surface area contributed by atoms with Crippen molar-refractivity contribution in [2.24, 2.45) is 5.92 Å². The monoisotopic (exact) mass is 512 g/mol. The van der Waals surface area contributed by atoms with Crippen LogP contribution in [0.15, 0.2) is 57.5 Å². The van der Waals surface area contributed by atoms with E-state index < -0.39 is 0 Å². The van der Waals surface area contributed by atoms with Gasteiger partial charge in [-0.05, 0) is 62.1 Å². The van der Waals surface area contributed by atoms with Crippen LogP contribution in [0.5, 0.6) is 5.75 Å². The fraction of sp³-hybridized carbons (Fsp3) is 0.400. The molecular formula is C25H29BrN4O3. The van der Waals surface area contributed by atoms with Gasteiger partial charge in [-0.25, -0.2) is 0 Å². The topological polar surface area (TPSA) is 80.5 Å². The van der Waals surface area contributed by atoms with E-state index in [9.17, 15) is 4.79 Å². The number of hydrogen-bond donors (Lipinski definition) is 1. The second kappa shape index (κ2) is 11.4. The summed E-state index contributed by atoms with van der Waals surface area (Å²) in [5, 5.41) is 7.23. The van der Waals surface area contributed by atoms with E-state index in [1.165, 1.54) is 5.56 Å². The molecule has 2 aromatic carbocycles. The van der Waals surface area contributed by atoms with Crippen molar-refractivity contribution < 1.29 is 14.1 Å². The van der Waals surface area contributed by atoms with E-state index in [0.717, 1.165) is 48.0 Å². The highest BCUT2D eigenvalue weighted by Crippen LogP contribution is 2.22. The highest BCUT2D eigenvalue weighted by Gasteiger charge is 2.26. The number of aromatic nitrogens is 2. The third-order valence-electron chi connectivity index (χ3n) is 5.86. The lowest BCUT2D eigenvalue weighted by Crippen LogP contribution is -2.43. The number of methoxy groups -OCH3 is 1. The molecule has 0 spiro atoms. The average Bonchev–Trinajstić information content (AvgIpc) is 3.30. The van der Waals surface area contributed by atoms with Crippen LogP contribution in [0.3, 0.4) is 0 Å². The standard InChI is InChI=1S/C25H29BrN4O3/c1-32-22-11-2-6-18(14-22)7-4-12-27-25(31)20-9-5-13-30(16-20)17-23-28-24(29-33-23)19-8-3-10-21(26)15-19/h2-3,6,8,10-11,14-15,20H,4-5,7,9,12-13,16-17H2,1H3,(H,27,31). The Morgan fingerprint density at radius 2 is 2.15 bits per heavy atom. The molecule has 1 saturated heterocycles. The molecular weight excluding hydrogens is 484 g/mol. The van der Waals surface area contributed by atoms with Crippen molar-refractivity contribution in [3.63, 3.8) is 0 Å². The number of amides is 1. The molecule has 0 radical (unpaired) electrons. The molecule has 33 heavy (non-hydrogen) atoms. The minimum Gasteiger partial charge on any atom is -0.497 e. The number of carbonyl (C=O) groups is 1. The molecule has 8 heteroatoms. The van der Waals surface area contributed by atoms with Gasteiger partial charge in [0.15, 0.2) is 0 Å². The molecule has 0 bridgehead atoms. The molecule has 0 aliphatic carbocycles. The predicted octanol–water partition coefficient (Wildman–Crippen LogP) is 4.47. The van der Waals surface area contributed by atoms with Crippen LogP contribution in [-0.4, -0.2) is 47.7 Å². The first-order chi connectivity index (χ1) is 16.1. The largest absolute Gasteiger partial charge is 0.497 e. The quantitative estimate of drug-likeness (QED) is 0.426. The van der Waals surface area contributed by atoms with E-state index in [4.69, 9.17) is 9.26 Å². The van der Waals surface area contributed by atoms with Gasteiger partial charge in [0, 0.05) is 23.1 Å². The third-order valence-corrected chi connectivity index (χ3v) is 6.35. The number of nitrogens with one attached hydrogen (secondary N) is 1. The lowest BCUT2D eigenvalue weighted by Gasteiger charge is -2.30. The maximum absolute atomic E-state index is 12.7. The van der Waals surface area contributed by atoms with Crippen molar-refractivity contribution >= 4 is 21.8 Å². The first-order valence-electron chi connectivity index (χ1n) is 11.3. The van der Waals surface area contributed by atoms with E-state index in [0.29, 0.717) is 31.3 Å². The number of ether oxygens (including phenoxy) is 1. The molecule has 0 saturated carbocycles. The van der Waals surface area contributed by atoms with Gasteiger partial charge in [-0.3, -0.25) is 9.69 Å². The molecule has 1 amide bonds. The van der Waals surface area contributed by atoms with Crippen LogP contribution in [0.1, 0.15) is 30.7 Å². The summed E-state index contributed by atoms with van der Waals surface area (Å²) >= 11 is 3.47. The Labute approximate surface area is 202 Å². The van der Waals surface area contributed by atoms with Crippen molar-refractivity contribution in [1.82, 2.24) is 20.4 Å². The number of hydrogen-bond acceptors (Lipinski definition) is 6. The summed E-state index contributed by atoms with van der Waals surface area (Å²) in [5.74, 6) is 2.13. The number of aryl methyl sites for hydroxylation is 1. The van der Waals surface area contributed by atoms with Crippen molar-refractivity contribution in [2.45, 2.75) is 32.2 Å². The minimum atomic E-state index is -0.0111. The first-order valence-corrected chi connectivity index (χ1v) is 12.1. The molecule has 1 atom stereocenters. The Balaban J connectivity index is 1.23. The molecule has 3 aromatic rings. The van der Waals surface area contributed by atoms with Gasteiger partial charge in [0.05, 0.1) is 19.6 Å². The fourth-order valence-corrected chi connectivity index (χ4v) is 4.54. The van der Waals surface area contributed by atoms with Gasteiger partial charge in [-0.15, -0.1) is 0 Å². The summed E-state index contributed by atoms with van der Waals surface area (Å²) in [5.41, 5.74) is 2.12. The summed E-state index contributed by atoms with van der Waals surface area (Å²) in [4.78, 5) is 19.5. The number of benzene rings is 2. The van der Waals surface area contributed by atoms with Gasteiger partial charge in [0.1, 0.15) is 5.75 Å². The van der Waals surface area contributed by atoms with Gasteiger partial charge >= 0.3 is 0 Å². The van der Waals surface area contributed by atoms with Crippen LogP contribution in [0.25, 0.3) is 11.4 Å². The second-order valence-corrected chi connectivity index (χ2v) is 9.26. The third kappa shape index (κ3) is 6.65. The Morgan fingerprint density at radius 3 is 3.00 bits per heavy atom. The van der Waals surface area contributed by atoms with Crippen LogP contribution >= 0.6 is 15.9 Å². The van der Waals surface area contributed by atoms with Gasteiger partial charge in [0.25, 0.3) is 0 Å². The van der Waals surface area contributed by atoms with Gasteiger partial charge < -0.3 is 14.6 Å². The van der Waals surface area contributed by atoms with Gasteiger partial charge in [-0.1, -0.05) is 45.4 Å². The van der Waals surface area contributed by atoms with Gasteiger partial charge in [-0.2, -0.15) is 4.98 Å². The molecule has 2 heterocycles. The molecule has 4 rings (SSSR count). The molecule has 1 fully saturated rings. The van der Waals surface area contributed by atoms with Crippen LogP contribution in [0.4, 0.5) is 0 Å². The van der Waals surface area contributed by atoms with Crippen molar-refractivity contribution in [2.75, 3.05) is 26.7 Å². The fourth-order valence-electron chi connectivity index (χ4n) is 4.14. The maximum atomic E-state index is 12.7. The summed E-state index contributed by atoms with van der Waals surface area (Å²) in [6, 6.07) is 15.9. The van der Waals surface area contributed by atoms with Crippen LogP contribution < -0.4 is 10.1 Å². The van der Waals surface area contributed by atoms with E-state index in [-0.39, 0.29) is 11.8 Å². The zero-order chi connectivity index (χ0) is 23.0. The lowest BCUT2D eigenvalue weighted by atomic mass is 9.97. The normalized spacial score (nSPS) is 16.5. The van der Waals surface area contributed by atoms with Crippen LogP contribution in [0, 0.1) is 5.92 Å². The molecule has 7 nitrogen and oxygen atoms in total. The van der Waals surface area contributed by atoms with Gasteiger partial charge in [0.2, 0.25) is 17.6 Å². The van der Waals surface area contributed by atoms with Crippen molar-refractivity contribution in [1.29, 1.82) is 0 Å². The number of piperidine rings is 1. The molecule has 174 valence electrons. The summed E-state index contributed by atoms with van der Waals surface area (Å²) in [6.45, 7) is 2.86. The zero-order valence-electron chi connectivity index (χ0n) is 18.8. The van der Waals surface area contributed by atoms with Crippen molar-refractivity contribution in [3.8, 4) is 17.1 Å². The summed E-state index contributed by atoms with van der Waals surface area (Å²) in [6.07, 6.45) is 3.70. The molecule has 1 aromatic heterocycles. The second-order valence-electron chi connectivity index (χ2n) is 8.34. The Bertz CT molecular complexity index is 1070. The van der Waals surface area contributed by atoms with Crippen LogP contribution in [0.2, 0.25) is 0 Å². The summed E-state index contributed by atoms with van der Waals surface area (Å²) < 4.78 is 11.7. The first kappa shape index (κ1) is 23.4. The van der Waals surface area contributed by atoms with Crippen molar-refractivity contribution in [3.05, 3.63) is 64.5 Å². The number of rotatable bonds is 9. The SMILES string of the molecule is COc1cccc(CCCNC(=O)C2CCCN(Cc3nc(-c4cccc(Br)c4)no3)C2)c1.